The number of ether oxygens (including phenoxy) is 1. The number of hydrogen-bond acceptors (Lipinski definition) is 5. The second-order valence-electron chi connectivity index (χ2n) is 6.31. The van der Waals surface area contributed by atoms with Crippen LogP contribution in [0.4, 0.5) is 11.5 Å². The van der Waals surface area contributed by atoms with E-state index >= 15 is 0 Å². The molecule has 0 bridgehead atoms. The van der Waals surface area contributed by atoms with E-state index in [1.54, 1.807) is 18.2 Å². The number of aromatic nitrogens is 1. The van der Waals surface area contributed by atoms with E-state index in [0.29, 0.717) is 16.8 Å². The van der Waals surface area contributed by atoms with Gasteiger partial charge in [-0.3, -0.25) is 4.72 Å². The molecule has 0 amide bonds. The lowest BCUT2D eigenvalue weighted by atomic mass is 9.95. The normalized spacial score (nSPS) is 15.5. The van der Waals surface area contributed by atoms with E-state index in [-0.39, 0.29) is 10.6 Å². The molecule has 1 heterocycles. The van der Waals surface area contributed by atoms with Crippen molar-refractivity contribution in [2.24, 2.45) is 0 Å². The lowest BCUT2D eigenvalue weighted by molar-refractivity contribution is 0.403. The van der Waals surface area contributed by atoms with Crippen molar-refractivity contribution in [3.63, 3.8) is 0 Å². The highest BCUT2D eigenvalue weighted by Crippen LogP contribution is 2.29. The standard InChI is InChI=1S/C18H22ClN3O3S/c1-25-16-9-7-13(19)11-17(16)26(23,24)22-15-8-10-18(20-12-15)21-14-5-3-2-4-6-14/h7-12,14,22H,2-6H2,1H3,(H,20,21). The Labute approximate surface area is 159 Å². The molecule has 3 rings (SSSR count). The first-order valence-electron chi connectivity index (χ1n) is 8.57. The van der Waals surface area contributed by atoms with Gasteiger partial charge in [0, 0.05) is 11.1 Å². The fourth-order valence-corrected chi connectivity index (χ4v) is 4.54. The number of nitrogens with one attached hydrogen (secondary N) is 2. The summed E-state index contributed by atoms with van der Waals surface area (Å²) in [7, 11) is -2.43. The van der Waals surface area contributed by atoms with Gasteiger partial charge in [-0.2, -0.15) is 0 Å². The van der Waals surface area contributed by atoms with Gasteiger partial charge >= 0.3 is 0 Å². The van der Waals surface area contributed by atoms with Crippen LogP contribution in [0.2, 0.25) is 5.02 Å². The van der Waals surface area contributed by atoms with Crippen LogP contribution < -0.4 is 14.8 Å². The maximum absolute atomic E-state index is 12.6. The molecule has 1 aliphatic rings. The summed E-state index contributed by atoms with van der Waals surface area (Å²) >= 11 is 5.93. The van der Waals surface area contributed by atoms with Crippen molar-refractivity contribution in [3.05, 3.63) is 41.6 Å². The fraction of sp³-hybridized carbons (Fsp3) is 0.389. The number of halogens is 1. The topological polar surface area (TPSA) is 80.3 Å². The fourth-order valence-electron chi connectivity index (χ4n) is 3.07. The van der Waals surface area contributed by atoms with Gasteiger partial charge < -0.3 is 10.1 Å². The van der Waals surface area contributed by atoms with E-state index in [1.165, 1.54) is 44.7 Å². The van der Waals surface area contributed by atoms with Crippen molar-refractivity contribution in [3.8, 4) is 5.75 Å². The predicted octanol–water partition coefficient (Wildman–Crippen LogP) is 4.29. The molecule has 2 N–H and O–H groups in total. The molecule has 0 spiro atoms. The zero-order valence-electron chi connectivity index (χ0n) is 14.5. The third-order valence-electron chi connectivity index (χ3n) is 4.39. The van der Waals surface area contributed by atoms with Gasteiger partial charge in [0.05, 0.1) is 19.0 Å². The van der Waals surface area contributed by atoms with Gasteiger partial charge in [0.2, 0.25) is 0 Å². The molecular formula is C18H22ClN3O3S. The molecule has 6 nitrogen and oxygen atoms in total. The second kappa shape index (κ2) is 8.14. The number of sulfonamides is 1. The van der Waals surface area contributed by atoms with E-state index in [2.05, 4.69) is 15.0 Å². The Bertz CT molecular complexity index is 850. The van der Waals surface area contributed by atoms with Crippen LogP contribution in [0.3, 0.4) is 0 Å². The molecule has 140 valence electrons. The maximum Gasteiger partial charge on any atom is 0.265 e. The van der Waals surface area contributed by atoms with Crippen molar-refractivity contribution in [2.75, 3.05) is 17.1 Å². The Balaban J connectivity index is 1.73. The van der Waals surface area contributed by atoms with Crippen LogP contribution in [0.1, 0.15) is 32.1 Å². The molecule has 2 aromatic rings. The van der Waals surface area contributed by atoms with Gasteiger partial charge in [-0.25, -0.2) is 13.4 Å². The summed E-state index contributed by atoms with van der Waals surface area (Å²) in [4.78, 5) is 4.30. The highest BCUT2D eigenvalue weighted by Gasteiger charge is 2.20. The minimum atomic E-state index is -3.84. The van der Waals surface area contributed by atoms with Gasteiger partial charge in [-0.1, -0.05) is 30.9 Å². The largest absolute Gasteiger partial charge is 0.495 e. The molecule has 1 aromatic carbocycles. The first-order valence-corrected chi connectivity index (χ1v) is 10.4. The van der Waals surface area contributed by atoms with E-state index in [1.807, 2.05) is 0 Å². The number of methoxy groups -OCH3 is 1. The van der Waals surface area contributed by atoms with E-state index in [0.717, 1.165) is 18.7 Å². The van der Waals surface area contributed by atoms with Crippen molar-refractivity contribution in [1.82, 2.24) is 4.98 Å². The molecule has 0 saturated heterocycles. The summed E-state index contributed by atoms with van der Waals surface area (Å²) in [5.41, 5.74) is 0.376. The summed E-state index contributed by atoms with van der Waals surface area (Å²) in [6.45, 7) is 0. The van der Waals surface area contributed by atoms with Gasteiger partial charge in [0.15, 0.2) is 0 Å². The average molecular weight is 396 g/mol. The Hall–Kier alpha value is -1.99. The quantitative estimate of drug-likeness (QED) is 0.762. The van der Waals surface area contributed by atoms with E-state index in [4.69, 9.17) is 16.3 Å². The lowest BCUT2D eigenvalue weighted by Gasteiger charge is -2.23. The minimum absolute atomic E-state index is 0.0168. The summed E-state index contributed by atoms with van der Waals surface area (Å²) in [6.07, 6.45) is 7.54. The molecule has 1 aromatic heterocycles. The van der Waals surface area contributed by atoms with Gasteiger partial charge in [0.1, 0.15) is 16.5 Å². The predicted molar refractivity (Wildman–Crippen MR) is 104 cm³/mol. The molecule has 0 unspecified atom stereocenters. The van der Waals surface area contributed by atoms with Crippen LogP contribution in [0.25, 0.3) is 0 Å². The van der Waals surface area contributed by atoms with E-state index in [9.17, 15) is 8.42 Å². The number of benzene rings is 1. The molecule has 1 aliphatic carbocycles. The van der Waals surface area contributed by atoms with E-state index < -0.39 is 10.0 Å². The Morgan fingerprint density at radius 3 is 2.58 bits per heavy atom. The molecule has 8 heteroatoms. The highest BCUT2D eigenvalue weighted by molar-refractivity contribution is 7.92. The lowest BCUT2D eigenvalue weighted by Crippen LogP contribution is -2.22. The maximum atomic E-state index is 12.6. The number of anilines is 2. The average Bonchev–Trinajstić information content (AvgIpc) is 2.64. The number of hydrogen-bond donors (Lipinski definition) is 2. The van der Waals surface area contributed by atoms with Gasteiger partial charge in [0.25, 0.3) is 10.0 Å². The molecule has 0 atom stereocenters. The van der Waals surface area contributed by atoms with Crippen LogP contribution in [0.15, 0.2) is 41.4 Å². The molecule has 0 radical (unpaired) electrons. The molecule has 1 fully saturated rings. The van der Waals surface area contributed by atoms with Gasteiger partial charge in [-0.15, -0.1) is 0 Å². The van der Waals surface area contributed by atoms with Gasteiger partial charge in [-0.05, 0) is 43.2 Å². The smallest absolute Gasteiger partial charge is 0.265 e. The number of nitrogens with zero attached hydrogens (tertiary/aromatic N) is 1. The molecule has 0 aliphatic heterocycles. The highest BCUT2D eigenvalue weighted by atomic mass is 35.5. The van der Waals surface area contributed by atoms with Crippen LogP contribution >= 0.6 is 11.6 Å². The van der Waals surface area contributed by atoms with Crippen molar-refractivity contribution < 1.29 is 13.2 Å². The summed E-state index contributed by atoms with van der Waals surface area (Å²) in [5.74, 6) is 0.977. The SMILES string of the molecule is COc1ccc(Cl)cc1S(=O)(=O)Nc1ccc(NC2CCCCC2)nc1. The summed E-state index contributed by atoms with van der Waals surface area (Å²) in [5, 5.41) is 3.72. The second-order valence-corrected chi connectivity index (χ2v) is 8.40. The Morgan fingerprint density at radius 1 is 1.15 bits per heavy atom. The van der Waals surface area contributed by atoms with Crippen LogP contribution in [0, 0.1) is 0 Å². The summed E-state index contributed by atoms with van der Waals surface area (Å²) in [6, 6.07) is 8.36. The monoisotopic (exact) mass is 395 g/mol. The first-order chi connectivity index (χ1) is 12.5. The van der Waals surface area contributed by atoms with Crippen LogP contribution in [0.5, 0.6) is 5.75 Å². The third kappa shape index (κ3) is 4.59. The van der Waals surface area contributed by atoms with Crippen LogP contribution in [-0.4, -0.2) is 26.6 Å². The summed E-state index contributed by atoms with van der Waals surface area (Å²) < 4.78 is 32.9. The number of rotatable bonds is 6. The molecular weight excluding hydrogens is 374 g/mol. The van der Waals surface area contributed by atoms with Crippen molar-refractivity contribution >= 4 is 33.1 Å². The van der Waals surface area contributed by atoms with Crippen molar-refractivity contribution in [1.29, 1.82) is 0 Å². The zero-order chi connectivity index (χ0) is 18.6. The van der Waals surface area contributed by atoms with Crippen molar-refractivity contribution in [2.45, 2.75) is 43.0 Å². The minimum Gasteiger partial charge on any atom is -0.495 e. The Kier molecular flexibility index (Phi) is 5.88. The van der Waals surface area contributed by atoms with Crippen LogP contribution in [-0.2, 0) is 10.0 Å². The molecule has 26 heavy (non-hydrogen) atoms. The molecule has 1 saturated carbocycles. The third-order valence-corrected chi connectivity index (χ3v) is 6.03. The number of pyridine rings is 1. The zero-order valence-corrected chi connectivity index (χ0v) is 16.1. The first kappa shape index (κ1) is 18.8. The Morgan fingerprint density at radius 2 is 1.92 bits per heavy atom.